The minimum Gasteiger partial charge on any atom is -0.330 e. The van der Waals surface area contributed by atoms with Gasteiger partial charge in [-0.1, -0.05) is 11.6 Å². The molecule has 1 heterocycles. The Bertz CT molecular complexity index is 397. The fourth-order valence-corrected chi connectivity index (χ4v) is 2.65. The summed E-state index contributed by atoms with van der Waals surface area (Å²) < 4.78 is 23.6. The van der Waals surface area contributed by atoms with E-state index in [-0.39, 0.29) is 5.15 Å². The number of hydrogen-bond donors (Lipinski definition) is 1. The Balaban J connectivity index is 3.25. The molecule has 1 aromatic heterocycles. The summed E-state index contributed by atoms with van der Waals surface area (Å²) in [7, 11) is -3.31. The first-order chi connectivity index (χ1) is 5.96. The number of rotatable bonds is 3. The predicted molar refractivity (Wildman–Crippen MR) is 52.4 cm³/mol. The average Bonchev–Trinajstić information content (AvgIpc) is 2.31. The average molecular weight is 223 g/mol. The van der Waals surface area contributed by atoms with Crippen molar-refractivity contribution >= 4 is 21.6 Å². The van der Waals surface area contributed by atoms with Gasteiger partial charge in [-0.2, -0.15) is 0 Å². The lowest BCUT2D eigenvalue weighted by atomic mass is 10.3. The highest BCUT2D eigenvalue weighted by atomic mass is 35.5. The van der Waals surface area contributed by atoms with Crippen LogP contribution in [0.1, 0.15) is 5.69 Å². The fourth-order valence-electron chi connectivity index (χ4n) is 1.14. The van der Waals surface area contributed by atoms with Crippen molar-refractivity contribution in [3.63, 3.8) is 0 Å². The smallest absolute Gasteiger partial charge is 0.237 e. The van der Waals surface area contributed by atoms with Gasteiger partial charge in [-0.05, 0) is 18.7 Å². The Hall–Kier alpha value is -0.520. The quantitative estimate of drug-likeness (QED) is 0.808. The Morgan fingerprint density at radius 2 is 2.15 bits per heavy atom. The van der Waals surface area contributed by atoms with E-state index in [0.29, 0.717) is 18.7 Å². The molecule has 0 aliphatic rings. The summed E-state index contributed by atoms with van der Waals surface area (Å²) in [6.07, 6.45) is 1.61. The third-order valence-electron chi connectivity index (χ3n) is 1.60. The predicted octanol–water partition coefficient (Wildman–Crippen LogP) is 0.450. The standard InChI is InChI=1S/C7H11ClN2O2S/c1-13(11,12)10-6(4-5-9)2-3-7(10)8/h2-3H,4-5,9H2,1H3. The third kappa shape index (κ3) is 2.24. The van der Waals surface area contributed by atoms with Gasteiger partial charge >= 0.3 is 0 Å². The van der Waals surface area contributed by atoms with Gasteiger partial charge in [0.15, 0.2) is 0 Å². The minimum absolute atomic E-state index is 0.200. The molecule has 13 heavy (non-hydrogen) atoms. The zero-order chi connectivity index (χ0) is 10.1. The maximum atomic E-state index is 11.2. The lowest BCUT2D eigenvalue weighted by molar-refractivity contribution is 0.591. The molecule has 74 valence electrons. The molecule has 4 nitrogen and oxygen atoms in total. The Morgan fingerprint density at radius 1 is 1.54 bits per heavy atom. The highest BCUT2D eigenvalue weighted by Crippen LogP contribution is 2.17. The van der Waals surface area contributed by atoms with Gasteiger partial charge in [-0.15, -0.1) is 0 Å². The van der Waals surface area contributed by atoms with Gasteiger partial charge in [0.1, 0.15) is 5.15 Å². The number of nitrogens with zero attached hydrogens (tertiary/aromatic N) is 1. The largest absolute Gasteiger partial charge is 0.330 e. The minimum atomic E-state index is -3.31. The Morgan fingerprint density at radius 3 is 2.62 bits per heavy atom. The molecule has 6 heteroatoms. The second kappa shape index (κ2) is 3.69. The van der Waals surface area contributed by atoms with Crippen LogP contribution in [0.4, 0.5) is 0 Å². The lowest BCUT2D eigenvalue weighted by Crippen LogP contribution is -2.15. The van der Waals surface area contributed by atoms with E-state index >= 15 is 0 Å². The van der Waals surface area contributed by atoms with Crippen LogP contribution in [0.25, 0.3) is 0 Å². The van der Waals surface area contributed by atoms with Crippen molar-refractivity contribution < 1.29 is 8.42 Å². The van der Waals surface area contributed by atoms with Gasteiger partial charge in [0.2, 0.25) is 10.0 Å². The van der Waals surface area contributed by atoms with Gasteiger partial charge in [0.25, 0.3) is 0 Å². The van der Waals surface area contributed by atoms with Crippen molar-refractivity contribution in [3.8, 4) is 0 Å². The van der Waals surface area contributed by atoms with Gasteiger partial charge < -0.3 is 5.73 Å². The summed E-state index contributed by atoms with van der Waals surface area (Å²) in [5.74, 6) is 0. The van der Waals surface area contributed by atoms with Crippen molar-refractivity contribution in [1.82, 2.24) is 3.97 Å². The van der Waals surface area contributed by atoms with Gasteiger partial charge in [0.05, 0.1) is 6.26 Å². The Kier molecular flexibility index (Phi) is 3.00. The molecule has 1 rings (SSSR count). The molecule has 0 unspecified atom stereocenters. The van der Waals surface area contributed by atoms with Crippen LogP contribution in [0.5, 0.6) is 0 Å². The van der Waals surface area contributed by atoms with Crippen LogP contribution in [0.2, 0.25) is 5.15 Å². The SMILES string of the molecule is CS(=O)(=O)n1c(Cl)ccc1CCN. The number of halogens is 1. The maximum Gasteiger partial charge on any atom is 0.237 e. The van der Waals surface area contributed by atoms with Crippen molar-refractivity contribution in [2.24, 2.45) is 5.73 Å². The molecule has 0 bridgehead atoms. The van der Waals surface area contributed by atoms with E-state index in [1.54, 1.807) is 12.1 Å². The molecule has 0 aromatic carbocycles. The first-order valence-electron chi connectivity index (χ1n) is 3.73. The highest BCUT2D eigenvalue weighted by Gasteiger charge is 2.13. The third-order valence-corrected chi connectivity index (χ3v) is 3.09. The number of hydrogen-bond acceptors (Lipinski definition) is 3. The van der Waals surface area contributed by atoms with Crippen LogP contribution in [0, 0.1) is 0 Å². The molecule has 0 atom stereocenters. The Labute approximate surface area is 82.3 Å². The van der Waals surface area contributed by atoms with Crippen molar-refractivity contribution in [3.05, 3.63) is 23.0 Å². The van der Waals surface area contributed by atoms with Crippen LogP contribution >= 0.6 is 11.6 Å². The summed E-state index contributed by atoms with van der Waals surface area (Å²) in [4.78, 5) is 0. The van der Waals surface area contributed by atoms with Gasteiger partial charge in [-0.3, -0.25) is 0 Å². The zero-order valence-electron chi connectivity index (χ0n) is 7.20. The van der Waals surface area contributed by atoms with Crippen molar-refractivity contribution in [2.75, 3.05) is 12.8 Å². The maximum absolute atomic E-state index is 11.2. The van der Waals surface area contributed by atoms with Gasteiger partial charge in [0, 0.05) is 12.1 Å². The van der Waals surface area contributed by atoms with E-state index in [2.05, 4.69) is 0 Å². The van der Waals surface area contributed by atoms with Crippen LogP contribution in [0.3, 0.4) is 0 Å². The molecule has 1 aromatic rings. The van der Waals surface area contributed by atoms with E-state index in [1.165, 1.54) is 0 Å². The van der Waals surface area contributed by atoms with Crippen molar-refractivity contribution in [1.29, 1.82) is 0 Å². The second-order valence-corrected chi connectivity index (χ2v) is 4.93. The first kappa shape index (κ1) is 10.6. The summed E-state index contributed by atoms with van der Waals surface area (Å²) >= 11 is 5.71. The number of aromatic nitrogens is 1. The summed E-state index contributed by atoms with van der Waals surface area (Å²) in [6.45, 7) is 0.399. The molecule has 0 spiro atoms. The normalized spacial score (nSPS) is 11.9. The van der Waals surface area contributed by atoms with Gasteiger partial charge in [-0.25, -0.2) is 12.4 Å². The molecule has 0 aliphatic carbocycles. The number of nitrogens with two attached hydrogens (primary N) is 1. The van der Waals surface area contributed by atoms with Crippen LogP contribution in [-0.2, 0) is 16.4 Å². The monoisotopic (exact) mass is 222 g/mol. The molecule has 0 radical (unpaired) electrons. The van der Waals surface area contributed by atoms with Crippen LogP contribution in [-0.4, -0.2) is 25.2 Å². The van der Waals surface area contributed by atoms with E-state index in [0.717, 1.165) is 10.2 Å². The summed E-state index contributed by atoms with van der Waals surface area (Å²) in [6, 6.07) is 3.21. The van der Waals surface area contributed by atoms with E-state index in [9.17, 15) is 8.42 Å². The molecule has 0 saturated heterocycles. The zero-order valence-corrected chi connectivity index (χ0v) is 8.77. The molecule has 2 N–H and O–H groups in total. The second-order valence-electron chi connectivity index (χ2n) is 2.71. The van der Waals surface area contributed by atoms with Crippen LogP contribution < -0.4 is 5.73 Å². The van der Waals surface area contributed by atoms with Crippen LogP contribution in [0.15, 0.2) is 12.1 Å². The van der Waals surface area contributed by atoms with E-state index in [4.69, 9.17) is 17.3 Å². The molecular formula is C7H11ClN2O2S. The molecule has 0 aliphatic heterocycles. The fraction of sp³-hybridized carbons (Fsp3) is 0.429. The van der Waals surface area contributed by atoms with E-state index in [1.807, 2.05) is 0 Å². The molecule has 0 amide bonds. The first-order valence-corrected chi connectivity index (χ1v) is 5.96. The molecule has 0 saturated carbocycles. The topological polar surface area (TPSA) is 65.1 Å². The lowest BCUT2D eigenvalue weighted by Gasteiger charge is -2.06. The van der Waals surface area contributed by atoms with Crippen molar-refractivity contribution in [2.45, 2.75) is 6.42 Å². The summed E-state index contributed by atoms with van der Waals surface area (Å²) in [5, 5.41) is 0.200. The molecule has 0 fully saturated rings. The highest BCUT2D eigenvalue weighted by molar-refractivity contribution is 7.89. The molecular weight excluding hydrogens is 212 g/mol. The van der Waals surface area contributed by atoms with E-state index < -0.39 is 10.0 Å². The summed E-state index contributed by atoms with van der Waals surface area (Å²) in [5.41, 5.74) is 5.95.